The van der Waals surface area contributed by atoms with Crippen molar-refractivity contribution in [3.63, 3.8) is 0 Å². The first kappa shape index (κ1) is 11.5. The van der Waals surface area contributed by atoms with Crippen molar-refractivity contribution in [2.24, 2.45) is 0 Å². The van der Waals surface area contributed by atoms with E-state index in [2.05, 4.69) is 21.2 Å². The van der Waals surface area contributed by atoms with Gasteiger partial charge in [0.05, 0.1) is 5.03 Å². The number of carbonyl (C=O) groups is 1. The van der Waals surface area contributed by atoms with Crippen molar-refractivity contribution >= 4 is 39.7 Å². The first-order valence-electron chi connectivity index (χ1n) is 4.74. The molecule has 5 heteroatoms. The Bertz CT molecular complexity index is 430. The lowest BCUT2D eigenvalue weighted by Crippen LogP contribution is -2.31. The zero-order valence-electron chi connectivity index (χ0n) is 8.31. The van der Waals surface area contributed by atoms with Gasteiger partial charge >= 0.3 is 5.97 Å². The van der Waals surface area contributed by atoms with Gasteiger partial charge in [-0.1, -0.05) is 28.1 Å². The molecule has 0 saturated carbocycles. The Hall–Kier alpha value is -0.940. The molecular formula is C11H10BrNO2S. The quantitative estimate of drug-likeness (QED) is 0.881. The van der Waals surface area contributed by atoms with Gasteiger partial charge in [-0.05, 0) is 23.8 Å². The maximum atomic E-state index is 10.7. The number of aliphatic carboxylic acids is 1. The summed E-state index contributed by atoms with van der Waals surface area (Å²) < 4.78 is 1.03. The molecule has 0 aliphatic carbocycles. The molecule has 84 valence electrons. The first-order chi connectivity index (χ1) is 7.65. The molecule has 0 amide bonds. The van der Waals surface area contributed by atoms with E-state index in [-0.39, 0.29) is 0 Å². The van der Waals surface area contributed by atoms with Crippen LogP contribution in [0, 0.1) is 0 Å². The van der Waals surface area contributed by atoms with Crippen molar-refractivity contribution in [2.75, 3.05) is 5.75 Å². The number of hydrogen-bond donors (Lipinski definition) is 2. The van der Waals surface area contributed by atoms with E-state index < -0.39 is 12.0 Å². The van der Waals surface area contributed by atoms with E-state index in [9.17, 15) is 4.79 Å². The van der Waals surface area contributed by atoms with Gasteiger partial charge in [-0.15, -0.1) is 11.8 Å². The number of carboxylic acids is 1. The summed E-state index contributed by atoms with van der Waals surface area (Å²) in [6.45, 7) is 0. The van der Waals surface area contributed by atoms with Gasteiger partial charge in [-0.25, -0.2) is 4.79 Å². The van der Waals surface area contributed by atoms with Crippen LogP contribution in [-0.2, 0) is 4.79 Å². The number of hydrogen-bond acceptors (Lipinski definition) is 3. The topological polar surface area (TPSA) is 49.3 Å². The van der Waals surface area contributed by atoms with E-state index in [0.717, 1.165) is 15.1 Å². The molecular weight excluding hydrogens is 290 g/mol. The summed E-state index contributed by atoms with van der Waals surface area (Å²) in [6, 6.07) is 7.41. The molecule has 1 aliphatic rings. The highest BCUT2D eigenvalue weighted by Crippen LogP contribution is 2.25. The van der Waals surface area contributed by atoms with Crippen molar-refractivity contribution in [3.05, 3.63) is 39.3 Å². The second-order valence-electron chi connectivity index (χ2n) is 3.41. The number of benzene rings is 1. The van der Waals surface area contributed by atoms with E-state index in [1.54, 1.807) is 0 Å². The second-order valence-corrected chi connectivity index (χ2v) is 5.38. The summed E-state index contributed by atoms with van der Waals surface area (Å²) >= 11 is 4.90. The van der Waals surface area contributed by atoms with Crippen LogP contribution >= 0.6 is 27.7 Å². The molecule has 2 rings (SSSR count). The summed E-state index contributed by atoms with van der Waals surface area (Å²) in [5.74, 6) is -0.218. The average molecular weight is 300 g/mol. The molecule has 2 N–H and O–H groups in total. The predicted octanol–water partition coefficient (Wildman–Crippen LogP) is 2.54. The number of rotatable bonds is 2. The molecule has 1 heterocycles. The third-order valence-corrected chi connectivity index (χ3v) is 3.76. The van der Waals surface area contributed by atoms with Gasteiger partial charge in [0.25, 0.3) is 0 Å². The van der Waals surface area contributed by atoms with Crippen LogP contribution in [0.2, 0.25) is 0 Å². The summed E-state index contributed by atoms with van der Waals surface area (Å²) in [4.78, 5) is 10.7. The first-order valence-corrected chi connectivity index (χ1v) is 6.52. The van der Waals surface area contributed by atoms with Gasteiger partial charge in [0, 0.05) is 10.2 Å². The third kappa shape index (κ3) is 2.80. The molecule has 3 nitrogen and oxygen atoms in total. The Balaban J connectivity index is 2.09. The SMILES string of the molecule is O=C(O)[C@H]1CS/C(=C\c2ccc(Br)cc2)N1. The Labute approximate surface area is 106 Å². The van der Waals surface area contributed by atoms with Crippen LogP contribution in [0.25, 0.3) is 6.08 Å². The molecule has 1 atom stereocenters. The van der Waals surface area contributed by atoms with Gasteiger partial charge in [0.15, 0.2) is 0 Å². The number of halogens is 1. The third-order valence-electron chi connectivity index (χ3n) is 2.19. The van der Waals surface area contributed by atoms with Crippen molar-refractivity contribution < 1.29 is 9.90 Å². The summed E-state index contributed by atoms with van der Waals surface area (Å²) in [6.07, 6.45) is 1.96. The highest BCUT2D eigenvalue weighted by molar-refractivity contribution is 9.10. The second kappa shape index (κ2) is 4.93. The molecule has 1 saturated heterocycles. The standard InChI is InChI=1S/C11H10BrNO2S/c12-8-3-1-7(2-4-8)5-10-13-9(6-16-10)11(14)15/h1-5,9,13H,6H2,(H,14,15)/b10-5-/t9-/m1/s1. The molecule has 1 aromatic rings. The largest absolute Gasteiger partial charge is 0.480 e. The number of thioether (sulfide) groups is 1. The zero-order chi connectivity index (χ0) is 11.5. The molecule has 16 heavy (non-hydrogen) atoms. The van der Waals surface area contributed by atoms with E-state index in [4.69, 9.17) is 5.11 Å². The van der Waals surface area contributed by atoms with Gasteiger partial charge < -0.3 is 10.4 Å². The molecule has 1 aromatic carbocycles. The molecule has 0 bridgehead atoms. The fourth-order valence-corrected chi connectivity index (χ4v) is 2.64. The van der Waals surface area contributed by atoms with E-state index in [1.165, 1.54) is 11.8 Å². The van der Waals surface area contributed by atoms with Crippen molar-refractivity contribution in [1.29, 1.82) is 0 Å². The number of carboxylic acid groups (broad SMARTS) is 1. The fraction of sp³-hybridized carbons (Fsp3) is 0.182. The van der Waals surface area contributed by atoms with Gasteiger partial charge in [-0.3, -0.25) is 0 Å². The van der Waals surface area contributed by atoms with Crippen molar-refractivity contribution in [1.82, 2.24) is 5.32 Å². The molecule has 0 spiro atoms. The fourth-order valence-electron chi connectivity index (χ4n) is 1.35. The predicted molar refractivity (Wildman–Crippen MR) is 69.1 cm³/mol. The zero-order valence-corrected chi connectivity index (χ0v) is 10.7. The Kier molecular flexibility index (Phi) is 3.56. The van der Waals surface area contributed by atoms with Gasteiger partial charge in [-0.2, -0.15) is 0 Å². The highest BCUT2D eigenvalue weighted by Gasteiger charge is 2.24. The summed E-state index contributed by atoms with van der Waals surface area (Å²) in [7, 11) is 0. The Morgan fingerprint density at radius 2 is 2.19 bits per heavy atom. The van der Waals surface area contributed by atoms with Gasteiger partial charge in [0.1, 0.15) is 6.04 Å². The Morgan fingerprint density at radius 1 is 1.50 bits per heavy atom. The molecule has 0 aromatic heterocycles. The maximum Gasteiger partial charge on any atom is 0.327 e. The maximum absolute atomic E-state index is 10.7. The lowest BCUT2D eigenvalue weighted by Gasteiger charge is -2.03. The van der Waals surface area contributed by atoms with E-state index in [0.29, 0.717) is 5.75 Å². The average Bonchev–Trinajstić information content (AvgIpc) is 2.70. The lowest BCUT2D eigenvalue weighted by molar-refractivity contribution is -0.138. The van der Waals surface area contributed by atoms with Crippen LogP contribution in [0.3, 0.4) is 0 Å². The summed E-state index contributed by atoms with van der Waals surface area (Å²) in [5.41, 5.74) is 1.06. The van der Waals surface area contributed by atoms with Crippen molar-refractivity contribution in [2.45, 2.75) is 6.04 Å². The minimum absolute atomic E-state index is 0.466. The summed E-state index contributed by atoms with van der Waals surface area (Å²) in [5, 5.41) is 12.7. The minimum Gasteiger partial charge on any atom is -0.480 e. The molecule has 0 unspecified atom stereocenters. The minimum atomic E-state index is -0.799. The lowest BCUT2D eigenvalue weighted by atomic mass is 10.2. The van der Waals surface area contributed by atoms with Gasteiger partial charge in [0.2, 0.25) is 0 Å². The van der Waals surface area contributed by atoms with E-state index >= 15 is 0 Å². The van der Waals surface area contributed by atoms with Crippen LogP contribution in [-0.4, -0.2) is 22.9 Å². The van der Waals surface area contributed by atoms with Crippen LogP contribution < -0.4 is 5.32 Å². The smallest absolute Gasteiger partial charge is 0.327 e. The normalized spacial score (nSPS) is 22.1. The molecule has 1 fully saturated rings. The Morgan fingerprint density at radius 3 is 2.75 bits per heavy atom. The van der Waals surface area contributed by atoms with Crippen molar-refractivity contribution in [3.8, 4) is 0 Å². The van der Waals surface area contributed by atoms with Crippen LogP contribution in [0.5, 0.6) is 0 Å². The van der Waals surface area contributed by atoms with Crippen LogP contribution in [0.15, 0.2) is 33.8 Å². The monoisotopic (exact) mass is 299 g/mol. The highest BCUT2D eigenvalue weighted by atomic mass is 79.9. The molecule has 0 radical (unpaired) electrons. The number of nitrogens with one attached hydrogen (secondary N) is 1. The van der Waals surface area contributed by atoms with Crippen LogP contribution in [0.1, 0.15) is 5.56 Å². The van der Waals surface area contributed by atoms with E-state index in [1.807, 2.05) is 30.3 Å². The molecule has 1 aliphatic heterocycles. The van der Waals surface area contributed by atoms with Crippen LogP contribution in [0.4, 0.5) is 0 Å².